The smallest absolute Gasteiger partial charge is 0.237 e. The highest BCUT2D eigenvalue weighted by molar-refractivity contribution is 5.81. The van der Waals surface area contributed by atoms with Crippen LogP contribution in [0, 0.1) is 0 Å². The van der Waals surface area contributed by atoms with Crippen LogP contribution in [0.1, 0.15) is 70.0 Å². The molecule has 3 nitrogen and oxygen atoms in total. The molecule has 20 heavy (non-hydrogen) atoms. The fraction of sp³-hybridized carbons (Fsp3) is 0.588. The van der Waals surface area contributed by atoms with Gasteiger partial charge in [-0.1, -0.05) is 57.9 Å². The zero-order valence-electron chi connectivity index (χ0n) is 13.1. The van der Waals surface area contributed by atoms with Crippen molar-refractivity contribution in [3.05, 3.63) is 35.4 Å². The molecule has 0 saturated heterocycles. The van der Waals surface area contributed by atoms with Crippen molar-refractivity contribution in [3.63, 3.8) is 0 Å². The van der Waals surface area contributed by atoms with Gasteiger partial charge in [0.25, 0.3) is 0 Å². The van der Waals surface area contributed by atoms with Crippen LogP contribution in [0.15, 0.2) is 24.3 Å². The zero-order chi connectivity index (χ0) is 15.1. The molecule has 0 aromatic heterocycles. The van der Waals surface area contributed by atoms with Crippen LogP contribution < -0.4 is 11.1 Å². The van der Waals surface area contributed by atoms with Crippen LogP contribution >= 0.6 is 0 Å². The highest BCUT2D eigenvalue weighted by Crippen LogP contribution is 2.18. The van der Waals surface area contributed by atoms with E-state index in [0.717, 1.165) is 24.8 Å². The minimum atomic E-state index is -0.396. The van der Waals surface area contributed by atoms with Crippen LogP contribution in [0.4, 0.5) is 0 Å². The molecule has 0 fully saturated rings. The molecular weight excluding hydrogens is 248 g/mol. The van der Waals surface area contributed by atoms with E-state index in [1.54, 1.807) is 0 Å². The standard InChI is InChI=1S/C17H28N2O/c1-5-6-7-16(18)17(20)19-13(4)15-10-8-14(9-11-15)12(2)3/h8-13,16H,5-7,18H2,1-4H3,(H,19,20). The monoisotopic (exact) mass is 276 g/mol. The molecule has 1 aromatic rings. The van der Waals surface area contributed by atoms with Gasteiger partial charge in [-0.2, -0.15) is 0 Å². The third-order valence-electron chi connectivity index (χ3n) is 3.67. The van der Waals surface area contributed by atoms with Gasteiger partial charge in [0, 0.05) is 0 Å². The summed E-state index contributed by atoms with van der Waals surface area (Å²) in [5, 5.41) is 2.99. The van der Waals surface area contributed by atoms with Crippen LogP contribution in [0.25, 0.3) is 0 Å². The van der Waals surface area contributed by atoms with Gasteiger partial charge < -0.3 is 11.1 Å². The van der Waals surface area contributed by atoms with E-state index in [1.807, 2.05) is 6.92 Å². The van der Waals surface area contributed by atoms with E-state index in [2.05, 4.69) is 50.4 Å². The Morgan fingerprint density at radius 1 is 1.15 bits per heavy atom. The Morgan fingerprint density at radius 2 is 1.70 bits per heavy atom. The summed E-state index contributed by atoms with van der Waals surface area (Å²) in [6.07, 6.45) is 2.81. The van der Waals surface area contributed by atoms with E-state index in [9.17, 15) is 4.79 Å². The molecule has 0 bridgehead atoms. The molecule has 0 aliphatic rings. The number of benzene rings is 1. The predicted octanol–water partition coefficient (Wildman–Crippen LogP) is 3.50. The number of hydrogen-bond acceptors (Lipinski definition) is 2. The highest BCUT2D eigenvalue weighted by atomic mass is 16.2. The summed E-state index contributed by atoms with van der Waals surface area (Å²) in [6, 6.07) is 8.01. The van der Waals surface area contributed by atoms with Gasteiger partial charge in [-0.25, -0.2) is 0 Å². The molecule has 3 N–H and O–H groups in total. The average Bonchev–Trinajstić information content (AvgIpc) is 2.44. The first-order valence-corrected chi connectivity index (χ1v) is 7.61. The van der Waals surface area contributed by atoms with Crippen molar-refractivity contribution in [2.75, 3.05) is 0 Å². The number of nitrogens with two attached hydrogens (primary N) is 1. The van der Waals surface area contributed by atoms with Gasteiger partial charge in [-0.05, 0) is 30.4 Å². The van der Waals surface area contributed by atoms with Crippen molar-refractivity contribution in [2.45, 2.75) is 65.0 Å². The molecule has 0 aliphatic carbocycles. The number of nitrogens with one attached hydrogen (secondary N) is 1. The van der Waals surface area contributed by atoms with E-state index in [1.165, 1.54) is 5.56 Å². The number of carbonyl (C=O) groups excluding carboxylic acids is 1. The summed E-state index contributed by atoms with van der Waals surface area (Å²) in [5.74, 6) is 0.468. The van der Waals surface area contributed by atoms with Crippen LogP contribution in [-0.4, -0.2) is 11.9 Å². The highest BCUT2D eigenvalue weighted by Gasteiger charge is 2.16. The fourth-order valence-corrected chi connectivity index (χ4v) is 2.13. The quantitative estimate of drug-likeness (QED) is 0.800. The van der Waals surface area contributed by atoms with Crippen molar-refractivity contribution >= 4 is 5.91 Å². The largest absolute Gasteiger partial charge is 0.348 e. The summed E-state index contributed by atoms with van der Waals surface area (Å²) in [6.45, 7) is 8.44. The van der Waals surface area contributed by atoms with Crippen LogP contribution in [0.2, 0.25) is 0 Å². The van der Waals surface area contributed by atoms with Gasteiger partial charge >= 0.3 is 0 Å². The lowest BCUT2D eigenvalue weighted by molar-refractivity contribution is -0.123. The molecule has 0 heterocycles. The van der Waals surface area contributed by atoms with E-state index >= 15 is 0 Å². The van der Waals surface area contributed by atoms with E-state index in [-0.39, 0.29) is 11.9 Å². The first-order chi connectivity index (χ1) is 9.45. The molecule has 1 aromatic carbocycles. The average molecular weight is 276 g/mol. The Labute approximate surface area is 122 Å². The lowest BCUT2D eigenvalue weighted by atomic mass is 9.99. The van der Waals surface area contributed by atoms with Gasteiger partial charge in [0.1, 0.15) is 0 Å². The molecule has 0 radical (unpaired) electrons. The third-order valence-corrected chi connectivity index (χ3v) is 3.67. The second-order valence-electron chi connectivity index (χ2n) is 5.80. The number of amides is 1. The third kappa shape index (κ3) is 4.97. The molecule has 2 atom stereocenters. The van der Waals surface area contributed by atoms with Gasteiger partial charge in [0.15, 0.2) is 0 Å². The van der Waals surface area contributed by atoms with Crippen LogP contribution in [0.3, 0.4) is 0 Å². The zero-order valence-corrected chi connectivity index (χ0v) is 13.1. The first kappa shape index (κ1) is 16.7. The van der Waals surface area contributed by atoms with Crippen molar-refractivity contribution in [1.82, 2.24) is 5.32 Å². The number of rotatable bonds is 7. The predicted molar refractivity (Wildman–Crippen MR) is 84.6 cm³/mol. The molecule has 1 amide bonds. The minimum absolute atomic E-state index is 0.00334. The summed E-state index contributed by atoms with van der Waals surface area (Å²) >= 11 is 0. The molecule has 0 saturated carbocycles. The summed E-state index contributed by atoms with van der Waals surface area (Å²) < 4.78 is 0. The Kier molecular flexibility index (Phi) is 6.73. The number of unbranched alkanes of at least 4 members (excludes halogenated alkanes) is 1. The van der Waals surface area contributed by atoms with Crippen molar-refractivity contribution < 1.29 is 4.79 Å². The van der Waals surface area contributed by atoms with Gasteiger partial charge in [0.2, 0.25) is 5.91 Å². The summed E-state index contributed by atoms with van der Waals surface area (Å²) in [7, 11) is 0. The van der Waals surface area contributed by atoms with E-state index in [4.69, 9.17) is 5.73 Å². The Hall–Kier alpha value is -1.35. The topological polar surface area (TPSA) is 55.1 Å². The molecule has 0 spiro atoms. The SMILES string of the molecule is CCCCC(N)C(=O)NC(C)c1ccc(C(C)C)cc1. The Bertz CT molecular complexity index is 412. The maximum atomic E-state index is 12.0. The maximum Gasteiger partial charge on any atom is 0.237 e. The second-order valence-corrected chi connectivity index (χ2v) is 5.80. The lowest BCUT2D eigenvalue weighted by Crippen LogP contribution is -2.41. The second kappa shape index (κ2) is 8.05. The molecule has 2 unspecified atom stereocenters. The Morgan fingerprint density at radius 3 is 2.20 bits per heavy atom. The molecule has 1 rings (SSSR count). The van der Waals surface area contributed by atoms with Crippen molar-refractivity contribution in [3.8, 4) is 0 Å². The first-order valence-electron chi connectivity index (χ1n) is 7.61. The van der Waals surface area contributed by atoms with Gasteiger partial charge in [0.05, 0.1) is 12.1 Å². The normalized spacial score (nSPS) is 14.1. The number of carbonyl (C=O) groups is 1. The van der Waals surface area contributed by atoms with Gasteiger partial charge in [-0.3, -0.25) is 4.79 Å². The molecule has 112 valence electrons. The van der Waals surface area contributed by atoms with E-state index in [0.29, 0.717) is 5.92 Å². The van der Waals surface area contributed by atoms with Crippen molar-refractivity contribution in [2.24, 2.45) is 5.73 Å². The summed E-state index contributed by atoms with van der Waals surface area (Å²) in [4.78, 5) is 12.0. The lowest BCUT2D eigenvalue weighted by Gasteiger charge is -2.18. The van der Waals surface area contributed by atoms with Crippen molar-refractivity contribution in [1.29, 1.82) is 0 Å². The summed E-state index contributed by atoms with van der Waals surface area (Å²) in [5.41, 5.74) is 8.31. The fourth-order valence-electron chi connectivity index (χ4n) is 2.13. The van der Waals surface area contributed by atoms with Gasteiger partial charge in [-0.15, -0.1) is 0 Å². The van der Waals surface area contributed by atoms with Crippen LogP contribution in [-0.2, 0) is 4.79 Å². The minimum Gasteiger partial charge on any atom is -0.348 e. The number of hydrogen-bond donors (Lipinski definition) is 2. The maximum absolute atomic E-state index is 12.0. The molecule has 0 aliphatic heterocycles. The Balaban J connectivity index is 2.57. The molecule has 3 heteroatoms. The van der Waals surface area contributed by atoms with Crippen LogP contribution in [0.5, 0.6) is 0 Å². The molecular formula is C17H28N2O. The van der Waals surface area contributed by atoms with E-state index < -0.39 is 6.04 Å².